The molecular weight excluding hydrogens is 228 g/mol. The maximum atomic E-state index is 11.3. The maximum absolute atomic E-state index is 11.3. The van der Waals surface area contributed by atoms with Crippen molar-refractivity contribution in [1.82, 2.24) is 5.14 Å². The number of nitrogens with one attached hydrogen (secondary N) is 2. The molecule has 6 heteroatoms. The Morgan fingerprint density at radius 1 is 1.38 bits per heavy atom. The standard InChI is InChI=1S/C10H13N2O3S/c1-2-5-10(13)12-8-6-3-4-7-9(8)16(11,14)15/h3-4,6-7,11H,2,5H2,1H3,(H,12,13). The summed E-state index contributed by atoms with van der Waals surface area (Å²) in [7, 11) is -4.06. The third kappa shape index (κ3) is 3.32. The van der Waals surface area contributed by atoms with Gasteiger partial charge in [0.15, 0.2) is 0 Å². The van der Waals surface area contributed by atoms with Gasteiger partial charge >= 0.3 is 0 Å². The van der Waals surface area contributed by atoms with Crippen molar-refractivity contribution >= 4 is 21.6 Å². The minimum Gasteiger partial charge on any atom is -0.325 e. The van der Waals surface area contributed by atoms with Crippen LogP contribution in [0.25, 0.3) is 0 Å². The van der Waals surface area contributed by atoms with Crippen LogP contribution in [-0.2, 0) is 14.8 Å². The molecule has 0 aliphatic carbocycles. The summed E-state index contributed by atoms with van der Waals surface area (Å²) in [6, 6.07) is 5.88. The van der Waals surface area contributed by atoms with Crippen molar-refractivity contribution in [3.8, 4) is 0 Å². The third-order valence-electron chi connectivity index (χ3n) is 1.93. The Bertz CT molecular complexity index is 483. The highest BCUT2D eigenvalue weighted by atomic mass is 32.2. The Hall–Kier alpha value is -1.40. The number of carbonyl (C=O) groups excluding carboxylic acids is 1. The van der Waals surface area contributed by atoms with Crippen LogP contribution >= 0.6 is 0 Å². The number of amides is 1. The molecule has 1 rings (SSSR count). The first-order valence-electron chi connectivity index (χ1n) is 4.83. The summed E-state index contributed by atoms with van der Waals surface area (Å²) >= 11 is 0. The predicted octanol–water partition coefficient (Wildman–Crippen LogP) is 1.40. The summed E-state index contributed by atoms with van der Waals surface area (Å²) in [6.45, 7) is 1.85. The van der Waals surface area contributed by atoms with Gasteiger partial charge in [0.1, 0.15) is 4.90 Å². The van der Waals surface area contributed by atoms with Gasteiger partial charge in [-0.25, -0.2) is 8.42 Å². The fourth-order valence-corrected chi connectivity index (χ4v) is 1.91. The number of benzene rings is 1. The number of anilines is 1. The van der Waals surface area contributed by atoms with Crippen LogP contribution in [0.3, 0.4) is 0 Å². The van der Waals surface area contributed by atoms with Crippen molar-refractivity contribution in [2.24, 2.45) is 0 Å². The van der Waals surface area contributed by atoms with Gasteiger partial charge in [-0.2, -0.15) is 0 Å². The van der Waals surface area contributed by atoms with E-state index in [4.69, 9.17) is 5.14 Å². The van der Waals surface area contributed by atoms with Gasteiger partial charge in [-0.05, 0) is 18.6 Å². The minimum atomic E-state index is -4.06. The van der Waals surface area contributed by atoms with Crippen molar-refractivity contribution in [2.45, 2.75) is 24.7 Å². The minimum absolute atomic E-state index is 0.163. The van der Waals surface area contributed by atoms with E-state index in [1.165, 1.54) is 18.2 Å². The lowest BCUT2D eigenvalue weighted by atomic mass is 10.3. The number of hydrogen-bond donors (Lipinski definition) is 1. The molecule has 0 aromatic heterocycles. The van der Waals surface area contributed by atoms with E-state index >= 15 is 0 Å². The molecule has 0 saturated carbocycles. The fourth-order valence-electron chi connectivity index (χ4n) is 1.24. The van der Waals surface area contributed by atoms with Crippen molar-refractivity contribution < 1.29 is 13.2 Å². The van der Waals surface area contributed by atoms with Gasteiger partial charge in [0.05, 0.1) is 5.69 Å². The molecule has 0 spiro atoms. The molecule has 2 N–H and O–H groups in total. The Labute approximate surface area is 94.7 Å². The van der Waals surface area contributed by atoms with E-state index in [0.717, 1.165) is 0 Å². The quantitative estimate of drug-likeness (QED) is 0.864. The second-order valence-electron chi connectivity index (χ2n) is 3.30. The second kappa shape index (κ2) is 5.09. The van der Waals surface area contributed by atoms with E-state index in [2.05, 4.69) is 5.32 Å². The highest BCUT2D eigenvalue weighted by Gasteiger charge is 2.15. The summed E-state index contributed by atoms with van der Waals surface area (Å²) in [5.74, 6) is -0.251. The summed E-state index contributed by atoms with van der Waals surface area (Å²) in [5.41, 5.74) is 0.163. The average molecular weight is 241 g/mol. The zero-order valence-electron chi connectivity index (χ0n) is 8.86. The molecule has 0 heterocycles. The van der Waals surface area contributed by atoms with Crippen molar-refractivity contribution in [1.29, 1.82) is 0 Å². The first kappa shape index (κ1) is 12.7. The lowest BCUT2D eigenvalue weighted by Crippen LogP contribution is -2.14. The second-order valence-corrected chi connectivity index (χ2v) is 4.74. The van der Waals surface area contributed by atoms with Gasteiger partial charge in [0, 0.05) is 6.42 Å². The van der Waals surface area contributed by atoms with Crippen LogP contribution < -0.4 is 10.5 Å². The van der Waals surface area contributed by atoms with Crippen LogP contribution in [0.2, 0.25) is 0 Å². The molecule has 1 aromatic rings. The molecular formula is C10H13N2O3S. The molecule has 0 saturated heterocycles. The molecule has 0 aliphatic heterocycles. The highest BCUT2D eigenvalue weighted by Crippen LogP contribution is 2.20. The molecule has 87 valence electrons. The van der Waals surface area contributed by atoms with Crippen LogP contribution in [0.4, 0.5) is 5.69 Å². The van der Waals surface area contributed by atoms with Crippen LogP contribution in [0.5, 0.6) is 0 Å². The van der Waals surface area contributed by atoms with Crippen molar-refractivity contribution in [2.75, 3.05) is 5.32 Å². The van der Waals surface area contributed by atoms with Crippen LogP contribution in [0, 0.1) is 0 Å². The molecule has 0 fully saturated rings. The Morgan fingerprint density at radius 2 is 2.00 bits per heavy atom. The lowest BCUT2D eigenvalue weighted by Gasteiger charge is -2.08. The Kier molecular flexibility index (Phi) is 4.03. The molecule has 0 unspecified atom stereocenters. The van der Waals surface area contributed by atoms with Crippen LogP contribution in [0.1, 0.15) is 19.8 Å². The summed E-state index contributed by atoms with van der Waals surface area (Å²) in [5, 5.41) is 9.46. The maximum Gasteiger partial charge on any atom is 0.256 e. The summed E-state index contributed by atoms with van der Waals surface area (Å²) in [4.78, 5) is 11.1. The number of carbonyl (C=O) groups is 1. The largest absolute Gasteiger partial charge is 0.325 e. The number of rotatable bonds is 4. The van der Waals surface area contributed by atoms with Crippen molar-refractivity contribution in [3.05, 3.63) is 24.3 Å². The first-order valence-corrected chi connectivity index (χ1v) is 6.32. The average Bonchev–Trinajstić information content (AvgIpc) is 2.17. The van der Waals surface area contributed by atoms with Crippen LogP contribution in [-0.4, -0.2) is 14.3 Å². The molecule has 1 aromatic carbocycles. The van der Waals surface area contributed by atoms with Gasteiger partial charge in [-0.1, -0.05) is 19.1 Å². The molecule has 0 aliphatic rings. The van der Waals surface area contributed by atoms with Gasteiger partial charge in [0.2, 0.25) is 5.91 Å². The van der Waals surface area contributed by atoms with E-state index < -0.39 is 10.0 Å². The molecule has 1 amide bonds. The normalized spacial score (nSPS) is 11.1. The topological polar surface area (TPSA) is 87.0 Å². The van der Waals surface area contributed by atoms with Gasteiger partial charge in [-0.3, -0.25) is 4.79 Å². The number of sulfonamides is 1. The van der Waals surface area contributed by atoms with Gasteiger partial charge in [0.25, 0.3) is 10.0 Å². The number of para-hydroxylation sites is 1. The summed E-state index contributed by atoms with van der Waals surface area (Å²) < 4.78 is 22.2. The predicted molar refractivity (Wildman–Crippen MR) is 60.3 cm³/mol. The molecule has 1 radical (unpaired) electrons. The SMILES string of the molecule is CCCC(=O)Nc1ccccc1S([NH])(=O)=O. The van der Waals surface area contributed by atoms with E-state index in [-0.39, 0.29) is 16.5 Å². The van der Waals surface area contributed by atoms with Crippen LogP contribution in [0.15, 0.2) is 29.2 Å². The van der Waals surface area contributed by atoms with Gasteiger partial charge < -0.3 is 5.32 Å². The zero-order valence-corrected chi connectivity index (χ0v) is 9.67. The monoisotopic (exact) mass is 241 g/mol. The van der Waals surface area contributed by atoms with E-state index in [1.54, 1.807) is 6.07 Å². The van der Waals surface area contributed by atoms with E-state index in [9.17, 15) is 13.2 Å². The lowest BCUT2D eigenvalue weighted by molar-refractivity contribution is -0.116. The molecule has 16 heavy (non-hydrogen) atoms. The third-order valence-corrected chi connectivity index (χ3v) is 2.86. The molecule has 0 bridgehead atoms. The fraction of sp³-hybridized carbons (Fsp3) is 0.300. The zero-order chi connectivity index (χ0) is 12.2. The van der Waals surface area contributed by atoms with E-state index in [0.29, 0.717) is 12.8 Å². The highest BCUT2D eigenvalue weighted by molar-refractivity contribution is 7.89. The summed E-state index contributed by atoms with van der Waals surface area (Å²) in [6.07, 6.45) is 1.01. The van der Waals surface area contributed by atoms with Crippen molar-refractivity contribution in [3.63, 3.8) is 0 Å². The van der Waals surface area contributed by atoms with E-state index in [1.807, 2.05) is 6.92 Å². The molecule has 5 nitrogen and oxygen atoms in total. The number of hydrogen-bond acceptors (Lipinski definition) is 3. The molecule has 0 atom stereocenters. The van der Waals surface area contributed by atoms with Gasteiger partial charge in [-0.15, -0.1) is 5.14 Å². The smallest absolute Gasteiger partial charge is 0.256 e. The Morgan fingerprint density at radius 3 is 2.56 bits per heavy atom. The Balaban J connectivity index is 3.01. The first-order chi connectivity index (χ1) is 7.45.